The van der Waals surface area contributed by atoms with E-state index in [0.29, 0.717) is 0 Å². The number of fused-ring (bicyclic) bond motifs is 1. The molecule has 28 heavy (non-hydrogen) atoms. The average Bonchev–Trinajstić information content (AvgIpc) is 3.14. The van der Waals surface area contributed by atoms with Crippen LogP contribution in [0.1, 0.15) is 40.9 Å². The quantitative estimate of drug-likeness (QED) is 0.796. The van der Waals surface area contributed by atoms with Crippen LogP contribution in [0.25, 0.3) is 0 Å². The zero-order valence-electron chi connectivity index (χ0n) is 16.2. The minimum absolute atomic E-state index is 0.134. The van der Waals surface area contributed by atoms with Crippen molar-refractivity contribution < 1.29 is 4.79 Å². The zero-order chi connectivity index (χ0) is 18.9. The van der Waals surface area contributed by atoms with Gasteiger partial charge >= 0.3 is 0 Å². The maximum atomic E-state index is 12.7. The molecule has 0 spiro atoms. The van der Waals surface area contributed by atoms with Gasteiger partial charge in [-0.15, -0.1) is 0 Å². The van der Waals surface area contributed by atoms with Crippen LogP contribution in [0.4, 0.5) is 5.95 Å². The number of carbonyl (C=O) groups excluding carboxylic acids is 1. The Morgan fingerprint density at radius 1 is 1.07 bits per heavy atom. The highest BCUT2D eigenvalue weighted by Gasteiger charge is 2.29. The second kappa shape index (κ2) is 7.79. The Morgan fingerprint density at radius 2 is 1.89 bits per heavy atom. The predicted molar refractivity (Wildman–Crippen MR) is 111 cm³/mol. The third-order valence-electron chi connectivity index (χ3n) is 6.45. The molecule has 5 rings (SSSR count). The summed E-state index contributed by atoms with van der Waals surface area (Å²) in [5.41, 5.74) is 3.11. The zero-order valence-corrected chi connectivity index (χ0v) is 17.0. The first-order chi connectivity index (χ1) is 13.8. The van der Waals surface area contributed by atoms with Gasteiger partial charge in [0.15, 0.2) is 0 Å². The number of carbonyl (C=O) groups is 1. The molecule has 1 aliphatic carbocycles. The molecule has 1 saturated carbocycles. The van der Waals surface area contributed by atoms with Crippen LogP contribution in [-0.2, 0) is 12.8 Å². The van der Waals surface area contributed by atoms with E-state index in [4.69, 9.17) is 4.98 Å². The molecule has 0 unspecified atom stereocenters. The number of hydrogen-bond acceptors (Lipinski definition) is 6. The molecule has 7 heteroatoms. The molecule has 3 aliphatic rings. The molecule has 2 fully saturated rings. The van der Waals surface area contributed by atoms with E-state index in [2.05, 4.69) is 14.8 Å². The summed E-state index contributed by atoms with van der Waals surface area (Å²) in [6.07, 6.45) is 7.77. The first-order valence-electron chi connectivity index (χ1n) is 10.4. The second-order valence-electron chi connectivity index (χ2n) is 8.05. The summed E-state index contributed by atoms with van der Waals surface area (Å²) in [6, 6.07) is 2.73. The highest BCUT2D eigenvalue weighted by atomic mass is 32.1. The number of piperazine rings is 1. The summed E-state index contributed by atoms with van der Waals surface area (Å²) in [4.78, 5) is 29.2. The Labute approximate surface area is 170 Å². The molecule has 0 radical (unpaired) electrons. The van der Waals surface area contributed by atoms with Gasteiger partial charge in [-0.2, -0.15) is 11.3 Å². The molecule has 148 valence electrons. The van der Waals surface area contributed by atoms with Gasteiger partial charge in [0.25, 0.3) is 5.91 Å². The highest BCUT2D eigenvalue weighted by Crippen LogP contribution is 2.26. The molecule has 1 amide bonds. The van der Waals surface area contributed by atoms with Gasteiger partial charge in [0.2, 0.25) is 5.95 Å². The van der Waals surface area contributed by atoms with E-state index in [1.165, 1.54) is 24.8 Å². The van der Waals surface area contributed by atoms with Gasteiger partial charge in [-0.05, 0) is 36.3 Å². The van der Waals surface area contributed by atoms with Crippen LogP contribution in [0.5, 0.6) is 0 Å². The smallest absolute Gasteiger partial charge is 0.254 e. The van der Waals surface area contributed by atoms with Crippen LogP contribution in [-0.4, -0.2) is 71.0 Å². The van der Waals surface area contributed by atoms with Crippen molar-refractivity contribution in [3.63, 3.8) is 0 Å². The summed E-state index contributed by atoms with van der Waals surface area (Å²) in [6.45, 7) is 5.73. The Kier molecular flexibility index (Phi) is 5.03. The van der Waals surface area contributed by atoms with Gasteiger partial charge in [-0.3, -0.25) is 9.69 Å². The first-order valence-corrected chi connectivity index (χ1v) is 11.4. The van der Waals surface area contributed by atoms with Crippen molar-refractivity contribution >= 4 is 23.2 Å². The summed E-state index contributed by atoms with van der Waals surface area (Å²) in [5, 5.41) is 3.89. The van der Waals surface area contributed by atoms with E-state index in [-0.39, 0.29) is 5.91 Å². The van der Waals surface area contributed by atoms with E-state index in [1.807, 2.05) is 27.9 Å². The molecular weight excluding hydrogens is 370 g/mol. The summed E-state index contributed by atoms with van der Waals surface area (Å²) < 4.78 is 0. The Hall–Kier alpha value is -1.99. The van der Waals surface area contributed by atoms with E-state index in [0.717, 1.165) is 75.4 Å². The van der Waals surface area contributed by atoms with Gasteiger partial charge in [-0.25, -0.2) is 9.97 Å². The van der Waals surface area contributed by atoms with Gasteiger partial charge in [-0.1, -0.05) is 6.42 Å². The maximum absolute atomic E-state index is 12.7. The van der Waals surface area contributed by atoms with Crippen molar-refractivity contribution in [1.82, 2.24) is 19.8 Å². The van der Waals surface area contributed by atoms with E-state index in [9.17, 15) is 4.79 Å². The summed E-state index contributed by atoms with van der Waals surface area (Å²) in [7, 11) is 0. The number of aromatic nitrogens is 2. The minimum Gasteiger partial charge on any atom is -0.338 e. The molecule has 2 aliphatic heterocycles. The van der Waals surface area contributed by atoms with Gasteiger partial charge < -0.3 is 9.80 Å². The molecular formula is C21H27N5OS. The Balaban J connectivity index is 1.24. The first kappa shape index (κ1) is 18.1. The van der Waals surface area contributed by atoms with Crippen molar-refractivity contribution in [2.45, 2.75) is 38.1 Å². The number of thiophene rings is 1. The molecule has 1 saturated heterocycles. The normalized spacial score (nSPS) is 21.1. The van der Waals surface area contributed by atoms with Crippen molar-refractivity contribution in [3.8, 4) is 0 Å². The number of hydrogen-bond donors (Lipinski definition) is 0. The van der Waals surface area contributed by atoms with Gasteiger partial charge in [0, 0.05) is 63.3 Å². The largest absolute Gasteiger partial charge is 0.338 e. The molecule has 4 heterocycles. The lowest BCUT2D eigenvalue weighted by atomic mass is 9.91. The van der Waals surface area contributed by atoms with Crippen molar-refractivity contribution in [2.24, 2.45) is 0 Å². The predicted octanol–water partition coefficient (Wildman–Crippen LogP) is 2.45. The number of rotatable bonds is 3. The molecule has 2 aromatic rings. The van der Waals surface area contributed by atoms with Crippen LogP contribution in [0.3, 0.4) is 0 Å². The van der Waals surface area contributed by atoms with Crippen molar-refractivity contribution in [3.05, 3.63) is 39.8 Å². The van der Waals surface area contributed by atoms with Gasteiger partial charge in [0.05, 0.1) is 11.3 Å². The topological polar surface area (TPSA) is 52.6 Å². The third-order valence-corrected chi connectivity index (χ3v) is 7.14. The third kappa shape index (κ3) is 3.53. The SMILES string of the molecule is O=C(c1ccsc1)N1CCc2cnc(N3CCN(C4CCC4)CC3)nc2CC1. The van der Waals surface area contributed by atoms with Crippen molar-refractivity contribution in [2.75, 3.05) is 44.2 Å². The number of amides is 1. The second-order valence-corrected chi connectivity index (χ2v) is 8.83. The molecule has 0 aromatic carbocycles. The fraction of sp³-hybridized carbons (Fsp3) is 0.571. The standard InChI is InChI=1S/C21H27N5OS/c27-20(17-6-13-28-15-17)25-7-4-16-14-22-21(23-19(16)5-8-25)26-11-9-24(10-12-26)18-2-1-3-18/h6,13-15,18H,1-5,7-12H2. The lowest BCUT2D eigenvalue weighted by Gasteiger charge is -2.43. The van der Waals surface area contributed by atoms with E-state index < -0.39 is 0 Å². The van der Waals surface area contributed by atoms with E-state index in [1.54, 1.807) is 11.3 Å². The Bertz CT molecular complexity index is 827. The lowest BCUT2D eigenvalue weighted by Crippen LogP contribution is -2.52. The van der Waals surface area contributed by atoms with Crippen LogP contribution >= 0.6 is 11.3 Å². The molecule has 0 N–H and O–H groups in total. The fourth-order valence-electron chi connectivity index (χ4n) is 4.43. The Morgan fingerprint density at radius 3 is 2.61 bits per heavy atom. The maximum Gasteiger partial charge on any atom is 0.254 e. The molecule has 6 nitrogen and oxygen atoms in total. The fourth-order valence-corrected chi connectivity index (χ4v) is 5.06. The summed E-state index contributed by atoms with van der Waals surface area (Å²) in [5.74, 6) is 0.999. The van der Waals surface area contributed by atoms with Crippen LogP contribution in [0, 0.1) is 0 Å². The van der Waals surface area contributed by atoms with E-state index >= 15 is 0 Å². The van der Waals surface area contributed by atoms with Crippen LogP contribution < -0.4 is 4.90 Å². The molecule has 2 aromatic heterocycles. The van der Waals surface area contributed by atoms with Crippen LogP contribution in [0.15, 0.2) is 23.0 Å². The van der Waals surface area contributed by atoms with Crippen molar-refractivity contribution in [1.29, 1.82) is 0 Å². The molecule has 0 atom stereocenters. The highest BCUT2D eigenvalue weighted by molar-refractivity contribution is 7.08. The number of nitrogens with zero attached hydrogens (tertiary/aromatic N) is 5. The minimum atomic E-state index is 0.134. The lowest BCUT2D eigenvalue weighted by molar-refractivity contribution is 0.0763. The van der Waals surface area contributed by atoms with Crippen LogP contribution in [0.2, 0.25) is 0 Å². The molecule has 0 bridgehead atoms. The average molecular weight is 398 g/mol. The monoisotopic (exact) mass is 397 g/mol. The number of anilines is 1. The van der Waals surface area contributed by atoms with Gasteiger partial charge in [0.1, 0.15) is 0 Å². The summed E-state index contributed by atoms with van der Waals surface area (Å²) >= 11 is 1.57.